The highest BCUT2D eigenvalue weighted by atomic mass is 127. The number of hydrogen-bond acceptors (Lipinski definition) is 3. The molecule has 0 heterocycles. The fourth-order valence-electron chi connectivity index (χ4n) is 2.15. The van der Waals surface area contributed by atoms with E-state index >= 15 is 0 Å². The maximum Gasteiger partial charge on any atom is 0.269 e. The number of non-ortho nitro benzene ring substituents is 1. The smallest absolute Gasteiger partial charge is 0.269 e. The summed E-state index contributed by atoms with van der Waals surface area (Å²) in [7, 11) is 1.71. The van der Waals surface area contributed by atoms with Gasteiger partial charge in [-0.15, -0.1) is 24.0 Å². The van der Waals surface area contributed by atoms with Gasteiger partial charge in [-0.3, -0.25) is 15.1 Å². The summed E-state index contributed by atoms with van der Waals surface area (Å²) in [4.78, 5) is 14.4. The van der Waals surface area contributed by atoms with Gasteiger partial charge < -0.3 is 10.6 Å². The summed E-state index contributed by atoms with van der Waals surface area (Å²) >= 11 is 0. The summed E-state index contributed by atoms with van der Waals surface area (Å²) in [6.45, 7) is 2.60. The van der Waals surface area contributed by atoms with E-state index in [1.807, 2.05) is 18.2 Å². The van der Waals surface area contributed by atoms with E-state index in [4.69, 9.17) is 0 Å². The molecular weight excluding hydrogens is 419 g/mol. The Balaban J connectivity index is 0.00000288. The number of hydrogen-bond donors (Lipinski definition) is 2. The van der Waals surface area contributed by atoms with E-state index in [1.54, 1.807) is 19.2 Å². The maximum absolute atomic E-state index is 10.6. The largest absolute Gasteiger partial charge is 0.352 e. The first-order valence-corrected chi connectivity index (χ1v) is 7.35. The second kappa shape index (κ2) is 9.86. The minimum Gasteiger partial charge on any atom is -0.352 e. The van der Waals surface area contributed by atoms with Crippen molar-refractivity contribution >= 4 is 35.6 Å². The van der Waals surface area contributed by atoms with E-state index in [1.165, 1.54) is 17.7 Å². The lowest BCUT2D eigenvalue weighted by Crippen LogP contribution is -2.38. The summed E-state index contributed by atoms with van der Waals surface area (Å²) in [5.41, 5.74) is 2.21. The number of guanidine groups is 1. The fourth-order valence-corrected chi connectivity index (χ4v) is 2.15. The Labute approximate surface area is 158 Å². The van der Waals surface area contributed by atoms with Gasteiger partial charge in [-0.2, -0.15) is 0 Å². The molecule has 0 spiro atoms. The van der Waals surface area contributed by atoms with E-state index in [0.717, 1.165) is 5.56 Å². The molecule has 0 saturated heterocycles. The highest BCUT2D eigenvalue weighted by molar-refractivity contribution is 14.0. The van der Waals surface area contributed by atoms with Crippen LogP contribution in [0, 0.1) is 10.1 Å². The Morgan fingerprint density at radius 1 is 1.17 bits per heavy atom. The first-order chi connectivity index (χ1) is 11.1. The van der Waals surface area contributed by atoms with Crippen LogP contribution >= 0.6 is 24.0 Å². The lowest BCUT2D eigenvalue weighted by molar-refractivity contribution is -0.384. The molecule has 0 aromatic heterocycles. The Morgan fingerprint density at radius 2 is 1.79 bits per heavy atom. The third-order valence-corrected chi connectivity index (χ3v) is 3.48. The molecule has 0 bridgehead atoms. The molecule has 2 aromatic rings. The summed E-state index contributed by atoms with van der Waals surface area (Å²) in [6, 6.07) is 16.7. The van der Waals surface area contributed by atoms with Crippen molar-refractivity contribution in [3.63, 3.8) is 0 Å². The van der Waals surface area contributed by atoms with Crippen LogP contribution in [0.15, 0.2) is 59.6 Å². The van der Waals surface area contributed by atoms with Crippen molar-refractivity contribution in [2.45, 2.75) is 19.5 Å². The molecule has 2 N–H and O–H groups in total. The molecule has 0 amide bonds. The summed E-state index contributed by atoms with van der Waals surface area (Å²) in [5, 5.41) is 17.2. The van der Waals surface area contributed by atoms with Gasteiger partial charge in [0, 0.05) is 25.7 Å². The molecular formula is C17H21IN4O2. The molecule has 0 saturated carbocycles. The minimum absolute atomic E-state index is 0. The van der Waals surface area contributed by atoms with E-state index in [2.05, 4.69) is 34.7 Å². The zero-order chi connectivity index (χ0) is 16.7. The van der Waals surface area contributed by atoms with E-state index in [-0.39, 0.29) is 35.7 Å². The third kappa shape index (κ3) is 5.80. The SMILES string of the molecule is CN=C(NCc1ccc([N+](=O)[O-])cc1)NC(C)c1ccccc1.I. The molecule has 1 unspecified atom stereocenters. The average molecular weight is 440 g/mol. The molecule has 2 rings (SSSR count). The number of nitro groups is 1. The fraction of sp³-hybridized carbons (Fsp3) is 0.235. The Bertz CT molecular complexity index is 675. The first-order valence-electron chi connectivity index (χ1n) is 7.35. The standard InChI is InChI=1S/C17H20N4O2.HI/c1-13(15-6-4-3-5-7-15)20-17(18-2)19-12-14-8-10-16(11-9-14)21(22)23;/h3-11,13H,12H2,1-2H3,(H2,18,19,20);1H. The highest BCUT2D eigenvalue weighted by Crippen LogP contribution is 2.12. The van der Waals surface area contributed by atoms with Gasteiger partial charge in [-0.1, -0.05) is 42.5 Å². The number of nitro benzene ring substituents is 1. The van der Waals surface area contributed by atoms with E-state index in [0.29, 0.717) is 12.5 Å². The van der Waals surface area contributed by atoms with Crippen LogP contribution in [0.2, 0.25) is 0 Å². The van der Waals surface area contributed by atoms with Crippen molar-refractivity contribution in [1.29, 1.82) is 0 Å². The predicted octanol–water partition coefficient (Wildman–Crippen LogP) is 3.64. The zero-order valence-corrected chi connectivity index (χ0v) is 15.9. The van der Waals surface area contributed by atoms with Gasteiger partial charge in [0.2, 0.25) is 0 Å². The van der Waals surface area contributed by atoms with Crippen LogP contribution in [0.4, 0.5) is 5.69 Å². The minimum atomic E-state index is -0.404. The van der Waals surface area contributed by atoms with Gasteiger partial charge in [0.05, 0.1) is 11.0 Å². The van der Waals surface area contributed by atoms with Gasteiger partial charge >= 0.3 is 0 Å². The molecule has 1 atom stereocenters. The number of nitrogens with zero attached hydrogens (tertiary/aromatic N) is 2. The van der Waals surface area contributed by atoms with Crippen LogP contribution in [-0.4, -0.2) is 17.9 Å². The number of halogens is 1. The van der Waals surface area contributed by atoms with Gasteiger partial charge in [0.15, 0.2) is 5.96 Å². The molecule has 2 aromatic carbocycles. The second-order valence-electron chi connectivity index (χ2n) is 5.13. The van der Waals surface area contributed by atoms with Crippen molar-refractivity contribution in [2.75, 3.05) is 7.05 Å². The highest BCUT2D eigenvalue weighted by Gasteiger charge is 2.08. The quantitative estimate of drug-likeness (QED) is 0.245. The van der Waals surface area contributed by atoms with Crippen molar-refractivity contribution < 1.29 is 4.92 Å². The molecule has 24 heavy (non-hydrogen) atoms. The summed E-state index contributed by atoms with van der Waals surface area (Å²) in [6.07, 6.45) is 0. The topological polar surface area (TPSA) is 79.6 Å². The predicted molar refractivity (Wildman–Crippen MR) is 107 cm³/mol. The maximum atomic E-state index is 10.6. The number of benzene rings is 2. The monoisotopic (exact) mass is 440 g/mol. The van der Waals surface area contributed by atoms with E-state index in [9.17, 15) is 10.1 Å². The molecule has 7 heteroatoms. The molecule has 128 valence electrons. The van der Waals surface area contributed by atoms with Crippen LogP contribution in [0.5, 0.6) is 0 Å². The molecule has 0 aliphatic rings. The van der Waals surface area contributed by atoms with Gasteiger partial charge in [0.1, 0.15) is 0 Å². The van der Waals surface area contributed by atoms with Crippen LogP contribution in [-0.2, 0) is 6.54 Å². The van der Waals surface area contributed by atoms with E-state index < -0.39 is 4.92 Å². The molecule has 0 aliphatic heterocycles. The Hall–Kier alpha value is -2.16. The lowest BCUT2D eigenvalue weighted by atomic mass is 10.1. The second-order valence-corrected chi connectivity index (χ2v) is 5.13. The van der Waals surface area contributed by atoms with Gasteiger partial charge in [-0.25, -0.2) is 0 Å². The first kappa shape index (κ1) is 19.9. The lowest BCUT2D eigenvalue weighted by Gasteiger charge is -2.18. The Morgan fingerprint density at radius 3 is 2.33 bits per heavy atom. The van der Waals surface area contributed by atoms with Gasteiger partial charge in [0.25, 0.3) is 5.69 Å². The molecule has 0 radical (unpaired) electrons. The van der Waals surface area contributed by atoms with Crippen molar-refractivity contribution in [3.05, 3.63) is 75.8 Å². The number of aliphatic imine (C=N–C) groups is 1. The molecule has 6 nitrogen and oxygen atoms in total. The zero-order valence-electron chi connectivity index (χ0n) is 13.6. The normalized spacial score (nSPS) is 12.0. The Kier molecular flexibility index (Phi) is 8.17. The summed E-state index contributed by atoms with van der Waals surface area (Å²) in [5.74, 6) is 0.680. The summed E-state index contributed by atoms with van der Waals surface area (Å²) < 4.78 is 0. The number of rotatable bonds is 5. The van der Waals surface area contributed by atoms with Crippen LogP contribution in [0.25, 0.3) is 0 Å². The number of nitrogens with one attached hydrogen (secondary N) is 2. The van der Waals surface area contributed by atoms with Crippen LogP contribution in [0.1, 0.15) is 24.1 Å². The van der Waals surface area contributed by atoms with Crippen molar-refractivity contribution in [3.8, 4) is 0 Å². The van der Waals surface area contributed by atoms with Gasteiger partial charge in [-0.05, 0) is 18.1 Å². The van der Waals surface area contributed by atoms with Crippen molar-refractivity contribution in [1.82, 2.24) is 10.6 Å². The molecule has 0 aliphatic carbocycles. The third-order valence-electron chi connectivity index (χ3n) is 3.48. The van der Waals surface area contributed by atoms with Crippen LogP contribution in [0.3, 0.4) is 0 Å². The molecule has 0 fully saturated rings. The van der Waals surface area contributed by atoms with Crippen LogP contribution < -0.4 is 10.6 Å². The van der Waals surface area contributed by atoms with Crippen molar-refractivity contribution in [2.24, 2.45) is 4.99 Å². The average Bonchev–Trinajstić information content (AvgIpc) is 2.59.